The molecule has 3 aromatic carbocycles. The van der Waals surface area contributed by atoms with Crippen molar-refractivity contribution in [2.24, 2.45) is 0 Å². The van der Waals surface area contributed by atoms with E-state index in [1.54, 1.807) is 25.3 Å². The highest BCUT2D eigenvalue weighted by molar-refractivity contribution is 6.32. The highest BCUT2D eigenvalue weighted by atomic mass is 19.4. The molecule has 1 heterocycles. The van der Waals surface area contributed by atoms with E-state index in [0.29, 0.717) is 22.3 Å². The number of rotatable bonds is 7. The van der Waals surface area contributed by atoms with Gasteiger partial charge in [-0.05, 0) is 66.4 Å². The fourth-order valence-electron chi connectivity index (χ4n) is 4.22. The van der Waals surface area contributed by atoms with Crippen molar-refractivity contribution in [2.75, 3.05) is 6.61 Å². The summed E-state index contributed by atoms with van der Waals surface area (Å²) in [6, 6.07) is 17.9. The molecule has 0 fully saturated rings. The highest BCUT2D eigenvalue weighted by Crippen LogP contribution is 2.29. The van der Waals surface area contributed by atoms with E-state index in [2.05, 4.69) is 30.9 Å². The van der Waals surface area contributed by atoms with Crippen molar-refractivity contribution in [3.8, 4) is 11.8 Å². The SMILES string of the molecule is CCCc1ccc(C#Cc2coc3ccc(CN(Cc4ccc(C(F)(F)F)cc4)C(=O)C(=O)OCC)cc23)cc1. The van der Waals surface area contributed by atoms with Crippen molar-refractivity contribution < 1.29 is 31.9 Å². The molecule has 0 aliphatic heterocycles. The third kappa shape index (κ3) is 7.11. The van der Waals surface area contributed by atoms with Gasteiger partial charge < -0.3 is 14.1 Å². The first-order chi connectivity index (χ1) is 19.2. The number of carbonyl (C=O) groups is 2. The summed E-state index contributed by atoms with van der Waals surface area (Å²) in [5.74, 6) is 4.37. The molecular formula is C32H28F3NO4. The lowest BCUT2D eigenvalue weighted by Crippen LogP contribution is -2.36. The average Bonchev–Trinajstić information content (AvgIpc) is 3.34. The number of fused-ring (bicyclic) bond motifs is 1. The van der Waals surface area contributed by atoms with Gasteiger partial charge in [0.2, 0.25) is 0 Å². The Hall–Kier alpha value is -4.51. The number of amides is 1. The van der Waals surface area contributed by atoms with Gasteiger partial charge in [0.15, 0.2) is 0 Å². The quantitative estimate of drug-likeness (QED) is 0.144. The minimum absolute atomic E-state index is 0.0169. The molecule has 4 rings (SSSR count). The van der Waals surface area contributed by atoms with Crippen LogP contribution in [0.1, 0.15) is 53.6 Å². The lowest BCUT2D eigenvalue weighted by atomic mass is 10.1. The number of halogens is 3. The first-order valence-electron chi connectivity index (χ1n) is 12.9. The van der Waals surface area contributed by atoms with Crippen molar-refractivity contribution >= 4 is 22.8 Å². The van der Waals surface area contributed by atoms with E-state index in [0.717, 1.165) is 35.9 Å². The number of carbonyl (C=O) groups excluding carboxylic acids is 2. The molecule has 0 radical (unpaired) electrons. The third-order valence-electron chi connectivity index (χ3n) is 6.24. The van der Waals surface area contributed by atoms with Crippen molar-refractivity contribution in [3.05, 3.63) is 106 Å². The van der Waals surface area contributed by atoms with E-state index in [1.165, 1.54) is 22.6 Å². The number of esters is 1. The van der Waals surface area contributed by atoms with Gasteiger partial charge >= 0.3 is 18.1 Å². The molecule has 4 aromatic rings. The largest absolute Gasteiger partial charge is 0.463 e. The molecule has 1 amide bonds. The van der Waals surface area contributed by atoms with Crippen molar-refractivity contribution in [1.29, 1.82) is 0 Å². The van der Waals surface area contributed by atoms with Crippen molar-refractivity contribution in [1.82, 2.24) is 4.90 Å². The zero-order valence-corrected chi connectivity index (χ0v) is 22.2. The van der Waals surface area contributed by atoms with Crippen LogP contribution in [0.25, 0.3) is 11.0 Å². The molecule has 0 spiro atoms. The maximum absolute atomic E-state index is 13.0. The molecule has 5 nitrogen and oxygen atoms in total. The van der Waals surface area contributed by atoms with Crippen molar-refractivity contribution in [3.63, 3.8) is 0 Å². The van der Waals surface area contributed by atoms with Gasteiger partial charge in [-0.2, -0.15) is 13.2 Å². The second-order valence-electron chi connectivity index (χ2n) is 9.25. The van der Waals surface area contributed by atoms with E-state index < -0.39 is 23.6 Å². The molecule has 0 unspecified atom stereocenters. The third-order valence-corrected chi connectivity index (χ3v) is 6.24. The van der Waals surface area contributed by atoms with Gasteiger partial charge in [-0.15, -0.1) is 0 Å². The Kier molecular flexibility index (Phi) is 8.95. The molecule has 0 saturated heterocycles. The van der Waals surface area contributed by atoms with Crippen LogP contribution in [-0.4, -0.2) is 23.4 Å². The Bertz CT molecular complexity index is 1540. The standard InChI is InChI=1S/C32H28F3NO4/c1-3-5-22-6-8-23(9-7-22)10-14-26-21-40-29-17-13-25(18-28(26)29)20-36(30(37)31(38)39-4-2)19-24-11-15-27(16-12-24)32(33,34)35/h6-9,11-13,15-18,21H,3-5,19-20H2,1-2H3. The summed E-state index contributed by atoms with van der Waals surface area (Å²) in [6.45, 7) is 3.67. The zero-order valence-electron chi connectivity index (χ0n) is 22.2. The second-order valence-corrected chi connectivity index (χ2v) is 9.25. The number of hydrogen-bond donors (Lipinski definition) is 0. The number of nitrogens with zero attached hydrogens (tertiary/aromatic N) is 1. The summed E-state index contributed by atoms with van der Waals surface area (Å²) in [4.78, 5) is 26.4. The highest BCUT2D eigenvalue weighted by Gasteiger charge is 2.30. The molecule has 206 valence electrons. The van der Waals surface area contributed by atoms with Gasteiger partial charge in [-0.3, -0.25) is 4.79 Å². The van der Waals surface area contributed by atoms with Crippen LogP contribution in [0.5, 0.6) is 0 Å². The summed E-state index contributed by atoms with van der Waals surface area (Å²) >= 11 is 0. The van der Waals surface area contributed by atoms with Crippen LogP contribution in [0.3, 0.4) is 0 Å². The summed E-state index contributed by atoms with van der Waals surface area (Å²) in [5.41, 5.74) is 3.73. The Morgan fingerprint density at radius 3 is 2.17 bits per heavy atom. The number of furan rings is 1. The number of hydrogen-bond acceptors (Lipinski definition) is 4. The normalized spacial score (nSPS) is 11.1. The smallest absolute Gasteiger partial charge is 0.416 e. The van der Waals surface area contributed by atoms with Gasteiger partial charge in [0, 0.05) is 24.0 Å². The van der Waals surface area contributed by atoms with Crippen LogP contribution in [0.2, 0.25) is 0 Å². The fraction of sp³-hybridized carbons (Fsp3) is 0.250. The molecule has 0 atom stereocenters. The van der Waals surface area contributed by atoms with E-state index >= 15 is 0 Å². The molecule has 0 aliphatic carbocycles. The zero-order chi connectivity index (χ0) is 28.7. The molecule has 0 N–H and O–H groups in total. The maximum Gasteiger partial charge on any atom is 0.416 e. The van der Waals surface area contributed by atoms with Gasteiger partial charge in [-0.25, -0.2) is 4.79 Å². The second kappa shape index (κ2) is 12.6. The number of alkyl halides is 3. The van der Waals surface area contributed by atoms with Gasteiger partial charge in [0.05, 0.1) is 17.7 Å². The van der Waals surface area contributed by atoms with E-state index in [1.807, 2.05) is 18.2 Å². The predicted octanol–water partition coefficient (Wildman–Crippen LogP) is 6.90. The predicted molar refractivity (Wildman–Crippen MR) is 145 cm³/mol. The van der Waals surface area contributed by atoms with Crippen LogP contribution in [0.4, 0.5) is 13.2 Å². The minimum atomic E-state index is -4.47. The maximum atomic E-state index is 13.0. The fourth-order valence-corrected chi connectivity index (χ4v) is 4.22. The molecular weight excluding hydrogens is 519 g/mol. The summed E-state index contributed by atoms with van der Waals surface area (Å²) < 4.78 is 49.5. The van der Waals surface area contributed by atoms with Gasteiger partial charge in [-0.1, -0.05) is 55.5 Å². The molecule has 0 saturated carbocycles. The van der Waals surface area contributed by atoms with E-state index in [4.69, 9.17) is 9.15 Å². The van der Waals surface area contributed by atoms with E-state index in [-0.39, 0.29) is 19.7 Å². The van der Waals surface area contributed by atoms with Gasteiger partial charge in [0.25, 0.3) is 0 Å². The van der Waals surface area contributed by atoms with Crippen LogP contribution in [-0.2, 0) is 40.0 Å². The summed E-state index contributed by atoms with van der Waals surface area (Å²) in [7, 11) is 0. The van der Waals surface area contributed by atoms with E-state index in [9.17, 15) is 22.8 Å². The summed E-state index contributed by atoms with van der Waals surface area (Å²) in [5, 5.41) is 0.741. The first-order valence-corrected chi connectivity index (χ1v) is 12.9. The minimum Gasteiger partial charge on any atom is -0.463 e. The van der Waals surface area contributed by atoms with Crippen molar-refractivity contribution in [2.45, 2.75) is 46.0 Å². The van der Waals surface area contributed by atoms with Crippen LogP contribution >= 0.6 is 0 Å². The van der Waals surface area contributed by atoms with Gasteiger partial charge in [0.1, 0.15) is 11.8 Å². The molecule has 40 heavy (non-hydrogen) atoms. The number of aryl methyl sites for hydroxylation is 1. The lowest BCUT2D eigenvalue weighted by molar-refractivity contribution is -0.160. The average molecular weight is 548 g/mol. The molecule has 0 aliphatic rings. The molecule has 8 heteroatoms. The molecule has 0 bridgehead atoms. The Morgan fingerprint density at radius 2 is 1.52 bits per heavy atom. The topological polar surface area (TPSA) is 59.8 Å². The number of ether oxygens (including phenoxy) is 1. The monoisotopic (exact) mass is 547 g/mol. The Balaban J connectivity index is 1.59. The summed E-state index contributed by atoms with van der Waals surface area (Å²) in [6.07, 6.45) is -0.826. The first kappa shape index (κ1) is 28.5. The van der Waals surface area contributed by atoms with Crippen LogP contribution in [0, 0.1) is 11.8 Å². The Labute approximate surface area is 230 Å². The van der Waals surface area contributed by atoms with Crippen LogP contribution in [0.15, 0.2) is 77.4 Å². The Morgan fingerprint density at radius 1 is 0.875 bits per heavy atom. The lowest BCUT2D eigenvalue weighted by Gasteiger charge is -2.22. The van der Waals surface area contributed by atoms with Crippen LogP contribution < -0.4 is 0 Å². The molecule has 1 aromatic heterocycles. The number of benzene rings is 3.